The summed E-state index contributed by atoms with van der Waals surface area (Å²) in [6.45, 7) is 3.72. The molecular weight excluding hydrogens is 380 g/mol. The number of hydrogen-bond acceptors (Lipinski definition) is 4. The van der Waals surface area contributed by atoms with Crippen LogP contribution in [0, 0.1) is 0 Å². The van der Waals surface area contributed by atoms with Gasteiger partial charge in [-0.25, -0.2) is 0 Å². The van der Waals surface area contributed by atoms with E-state index in [2.05, 4.69) is 12.2 Å². The van der Waals surface area contributed by atoms with E-state index in [0.717, 1.165) is 19.3 Å². The fraction of sp³-hybridized carbons (Fsp3) is 0.950. The molecular formula is C20H43N2O5S+. The van der Waals surface area contributed by atoms with Crippen LogP contribution in [0.2, 0.25) is 0 Å². The molecule has 0 spiro atoms. The Bertz CT molecular complexity index is 509. The SMILES string of the molecule is CCCCCCCCCCCC(=O)NCCC[N+](C)(C)CC(O)CS(=O)(=O)O. The fourth-order valence-electron chi connectivity index (χ4n) is 3.38. The number of amides is 1. The number of aliphatic hydroxyl groups excluding tert-OH is 1. The van der Waals surface area contributed by atoms with Gasteiger partial charge in [0.2, 0.25) is 5.91 Å². The molecule has 0 aliphatic carbocycles. The van der Waals surface area contributed by atoms with Gasteiger partial charge in [-0.15, -0.1) is 0 Å². The second-order valence-electron chi connectivity index (χ2n) is 8.53. The number of quaternary nitrogens is 1. The van der Waals surface area contributed by atoms with Gasteiger partial charge in [0.1, 0.15) is 18.4 Å². The molecule has 0 saturated carbocycles. The molecule has 0 bridgehead atoms. The molecule has 1 amide bonds. The normalized spacial score (nSPS) is 13.5. The first-order valence-corrected chi connectivity index (χ1v) is 12.4. The highest BCUT2D eigenvalue weighted by Crippen LogP contribution is 2.10. The van der Waals surface area contributed by atoms with Gasteiger partial charge in [0.05, 0.1) is 20.6 Å². The summed E-state index contributed by atoms with van der Waals surface area (Å²) in [6, 6.07) is 0. The van der Waals surface area contributed by atoms with Crippen LogP contribution in [0.4, 0.5) is 0 Å². The maximum absolute atomic E-state index is 11.9. The van der Waals surface area contributed by atoms with E-state index in [-0.39, 0.29) is 12.5 Å². The van der Waals surface area contributed by atoms with Gasteiger partial charge in [-0.2, -0.15) is 8.42 Å². The molecule has 8 heteroatoms. The Labute approximate surface area is 172 Å². The fourth-order valence-corrected chi connectivity index (χ4v) is 3.97. The van der Waals surface area contributed by atoms with E-state index in [0.29, 0.717) is 24.0 Å². The van der Waals surface area contributed by atoms with Crippen molar-refractivity contribution in [3.63, 3.8) is 0 Å². The Morgan fingerprint density at radius 1 is 0.964 bits per heavy atom. The second-order valence-corrected chi connectivity index (χ2v) is 10.0. The third-order valence-corrected chi connectivity index (χ3v) is 5.68. The number of rotatable bonds is 18. The number of likely N-dealkylation sites (N-methyl/N-ethyl adjacent to an activating group) is 1. The zero-order valence-electron chi connectivity index (χ0n) is 18.2. The van der Waals surface area contributed by atoms with E-state index in [1.165, 1.54) is 44.9 Å². The summed E-state index contributed by atoms with van der Waals surface area (Å²) in [5.74, 6) is -0.566. The monoisotopic (exact) mass is 423 g/mol. The minimum atomic E-state index is -4.17. The van der Waals surface area contributed by atoms with Crippen molar-refractivity contribution in [3.05, 3.63) is 0 Å². The van der Waals surface area contributed by atoms with E-state index in [1.54, 1.807) is 0 Å². The molecule has 1 atom stereocenters. The number of nitrogens with one attached hydrogen (secondary N) is 1. The smallest absolute Gasteiger partial charge is 0.267 e. The van der Waals surface area contributed by atoms with Crippen molar-refractivity contribution in [2.24, 2.45) is 0 Å². The molecule has 0 aliphatic heterocycles. The predicted molar refractivity (Wildman–Crippen MR) is 114 cm³/mol. The first-order chi connectivity index (χ1) is 13.1. The van der Waals surface area contributed by atoms with Crippen LogP contribution < -0.4 is 5.32 Å². The van der Waals surface area contributed by atoms with Gasteiger partial charge in [-0.05, 0) is 6.42 Å². The van der Waals surface area contributed by atoms with E-state index < -0.39 is 22.0 Å². The molecule has 0 aromatic rings. The molecule has 0 saturated heterocycles. The van der Waals surface area contributed by atoms with Crippen molar-refractivity contribution in [2.45, 2.75) is 83.7 Å². The average Bonchev–Trinajstić information content (AvgIpc) is 2.55. The molecule has 1 unspecified atom stereocenters. The molecule has 0 aliphatic rings. The van der Waals surface area contributed by atoms with Crippen LogP contribution in [-0.2, 0) is 14.9 Å². The number of carbonyl (C=O) groups excluding carboxylic acids is 1. The van der Waals surface area contributed by atoms with E-state index in [9.17, 15) is 18.3 Å². The van der Waals surface area contributed by atoms with Gasteiger partial charge in [0.25, 0.3) is 10.1 Å². The van der Waals surface area contributed by atoms with E-state index in [4.69, 9.17) is 4.55 Å². The Balaban J connectivity index is 3.67. The second kappa shape index (κ2) is 15.2. The lowest BCUT2D eigenvalue weighted by molar-refractivity contribution is -0.893. The summed E-state index contributed by atoms with van der Waals surface area (Å²) in [6.07, 6.45) is 11.3. The minimum absolute atomic E-state index is 0.0830. The van der Waals surface area contributed by atoms with Crippen molar-refractivity contribution in [1.29, 1.82) is 0 Å². The molecule has 0 aromatic heterocycles. The van der Waals surface area contributed by atoms with Gasteiger partial charge >= 0.3 is 0 Å². The highest BCUT2D eigenvalue weighted by atomic mass is 32.2. The maximum atomic E-state index is 11.9. The van der Waals surface area contributed by atoms with Gasteiger partial charge in [-0.3, -0.25) is 9.35 Å². The Hall–Kier alpha value is -0.700. The first-order valence-electron chi connectivity index (χ1n) is 10.8. The summed E-state index contributed by atoms with van der Waals surface area (Å²) in [4.78, 5) is 11.9. The molecule has 7 nitrogen and oxygen atoms in total. The van der Waals surface area contributed by atoms with E-state index >= 15 is 0 Å². The molecule has 168 valence electrons. The predicted octanol–water partition coefficient (Wildman–Crippen LogP) is 2.74. The van der Waals surface area contributed by atoms with Gasteiger partial charge in [0, 0.05) is 19.4 Å². The third kappa shape index (κ3) is 18.7. The zero-order valence-corrected chi connectivity index (χ0v) is 19.0. The standard InChI is InChI=1S/C20H42N2O5S/c1-4-5-6-7-8-9-10-11-12-14-20(24)21-15-13-16-22(2,3)17-19(23)18-28(25,26)27/h19,23H,4-18H2,1-3H3,(H-,21,24,25,26,27)/p+1. The highest BCUT2D eigenvalue weighted by Gasteiger charge is 2.24. The average molecular weight is 424 g/mol. The van der Waals surface area contributed by atoms with Crippen LogP contribution >= 0.6 is 0 Å². The molecule has 0 aromatic carbocycles. The van der Waals surface area contributed by atoms with Crippen molar-refractivity contribution in [1.82, 2.24) is 5.32 Å². The molecule has 28 heavy (non-hydrogen) atoms. The van der Waals surface area contributed by atoms with Crippen LogP contribution in [-0.4, -0.2) is 74.1 Å². The Kier molecular flexibility index (Phi) is 14.8. The number of hydrogen-bond donors (Lipinski definition) is 3. The Morgan fingerprint density at radius 3 is 2.04 bits per heavy atom. The van der Waals surface area contributed by atoms with Gasteiger partial charge < -0.3 is 14.9 Å². The maximum Gasteiger partial charge on any atom is 0.267 e. The largest absolute Gasteiger partial charge is 0.386 e. The molecule has 0 rings (SSSR count). The van der Waals surface area contributed by atoms with Crippen molar-refractivity contribution >= 4 is 16.0 Å². The van der Waals surface area contributed by atoms with Crippen molar-refractivity contribution in [2.75, 3.05) is 39.5 Å². The molecule has 0 fully saturated rings. The number of aliphatic hydroxyl groups is 1. The van der Waals surface area contributed by atoms with E-state index in [1.807, 2.05) is 14.1 Å². The summed E-state index contributed by atoms with van der Waals surface area (Å²) >= 11 is 0. The minimum Gasteiger partial charge on any atom is -0.386 e. The third-order valence-electron chi connectivity index (χ3n) is 4.88. The van der Waals surface area contributed by atoms with Crippen molar-refractivity contribution < 1.29 is 27.4 Å². The molecule has 0 heterocycles. The number of unbranched alkanes of at least 4 members (excludes halogenated alkanes) is 8. The number of carbonyl (C=O) groups is 1. The summed E-state index contributed by atoms with van der Waals surface area (Å²) in [5, 5.41) is 12.7. The lowest BCUT2D eigenvalue weighted by Gasteiger charge is -2.31. The quantitative estimate of drug-likeness (QED) is 0.179. The topological polar surface area (TPSA) is 104 Å². The lowest BCUT2D eigenvalue weighted by Crippen LogP contribution is -2.48. The first kappa shape index (κ1) is 27.3. The van der Waals surface area contributed by atoms with Gasteiger partial charge in [0.15, 0.2) is 0 Å². The Morgan fingerprint density at radius 2 is 1.50 bits per heavy atom. The van der Waals surface area contributed by atoms with Gasteiger partial charge in [-0.1, -0.05) is 58.3 Å². The van der Waals surface area contributed by atoms with Crippen molar-refractivity contribution in [3.8, 4) is 0 Å². The summed E-state index contributed by atoms with van der Waals surface area (Å²) < 4.78 is 30.8. The van der Waals surface area contributed by atoms with Crippen LogP contribution in [0.15, 0.2) is 0 Å². The summed E-state index contributed by atoms with van der Waals surface area (Å²) in [5.41, 5.74) is 0. The van der Waals surface area contributed by atoms with Crippen LogP contribution in [0.25, 0.3) is 0 Å². The lowest BCUT2D eigenvalue weighted by atomic mass is 10.1. The zero-order chi connectivity index (χ0) is 21.5. The highest BCUT2D eigenvalue weighted by molar-refractivity contribution is 7.85. The number of nitrogens with zero attached hydrogens (tertiary/aromatic N) is 1. The van der Waals surface area contributed by atoms with Crippen LogP contribution in [0.1, 0.15) is 77.6 Å². The molecule has 3 N–H and O–H groups in total. The summed E-state index contributed by atoms with van der Waals surface area (Å²) in [7, 11) is -0.397. The molecule has 0 radical (unpaired) electrons. The van der Waals surface area contributed by atoms with Crippen LogP contribution in [0.3, 0.4) is 0 Å². The van der Waals surface area contributed by atoms with Crippen LogP contribution in [0.5, 0.6) is 0 Å².